The minimum absolute atomic E-state index is 0.122. The highest BCUT2D eigenvalue weighted by molar-refractivity contribution is 5.48. The van der Waals surface area contributed by atoms with Crippen LogP contribution in [-0.4, -0.2) is 25.1 Å². The number of nitrogens with zero attached hydrogens (tertiary/aromatic N) is 2. The zero-order valence-corrected chi connectivity index (χ0v) is 11.5. The predicted octanol–water partition coefficient (Wildman–Crippen LogP) is 3.42. The van der Waals surface area contributed by atoms with Gasteiger partial charge in [0.2, 0.25) is 0 Å². The molecule has 1 aromatic rings. The van der Waals surface area contributed by atoms with E-state index in [0.29, 0.717) is 12.5 Å². The Hall–Kier alpha value is -1.39. The van der Waals surface area contributed by atoms with E-state index < -0.39 is 11.6 Å². The molecule has 1 saturated carbocycles. The number of rotatable bonds is 5. The topological polar surface area (TPSA) is 28.2 Å². The zero-order valence-electron chi connectivity index (χ0n) is 11.5. The average Bonchev–Trinajstić information content (AvgIpc) is 2.85. The first-order valence-electron chi connectivity index (χ1n) is 6.92. The lowest BCUT2D eigenvalue weighted by Crippen LogP contribution is -2.26. The van der Waals surface area contributed by atoms with E-state index in [1.807, 2.05) is 14.0 Å². The van der Waals surface area contributed by atoms with Crippen LogP contribution in [0.3, 0.4) is 0 Å². The molecule has 106 valence electrons. The summed E-state index contributed by atoms with van der Waals surface area (Å²) in [6.07, 6.45) is 4.88. The van der Waals surface area contributed by atoms with Gasteiger partial charge in [-0.25, -0.2) is 13.8 Å². The van der Waals surface area contributed by atoms with E-state index in [-0.39, 0.29) is 11.6 Å². The lowest BCUT2D eigenvalue weighted by atomic mass is 10.1. The standard InChI is InChI=1S/C14H21F2N3/c1-3-17-13-11(15)8-12(16)14(18-13)19(2)9-10-6-4-5-7-10/h8,10H,3-7,9H2,1-2H3,(H,17,18). The highest BCUT2D eigenvalue weighted by Gasteiger charge is 2.20. The summed E-state index contributed by atoms with van der Waals surface area (Å²) in [4.78, 5) is 5.87. The van der Waals surface area contributed by atoms with Crippen molar-refractivity contribution in [2.45, 2.75) is 32.6 Å². The van der Waals surface area contributed by atoms with Crippen molar-refractivity contribution in [3.8, 4) is 0 Å². The number of hydrogen-bond donors (Lipinski definition) is 1. The monoisotopic (exact) mass is 269 g/mol. The Balaban J connectivity index is 2.14. The molecule has 1 aromatic heterocycles. The first kappa shape index (κ1) is 14.0. The number of aromatic nitrogens is 1. The fraction of sp³-hybridized carbons (Fsp3) is 0.643. The van der Waals surface area contributed by atoms with E-state index in [4.69, 9.17) is 0 Å². The van der Waals surface area contributed by atoms with Crippen LogP contribution in [0.15, 0.2) is 6.07 Å². The van der Waals surface area contributed by atoms with E-state index in [2.05, 4.69) is 10.3 Å². The Morgan fingerprint density at radius 2 is 2.00 bits per heavy atom. The molecule has 5 heteroatoms. The third kappa shape index (κ3) is 3.33. The Labute approximate surface area is 113 Å². The van der Waals surface area contributed by atoms with E-state index in [9.17, 15) is 8.78 Å². The molecule has 0 bridgehead atoms. The fourth-order valence-corrected chi connectivity index (χ4v) is 2.68. The number of pyridine rings is 1. The maximum Gasteiger partial charge on any atom is 0.168 e. The molecule has 0 aliphatic heterocycles. The molecule has 0 unspecified atom stereocenters. The average molecular weight is 269 g/mol. The molecule has 19 heavy (non-hydrogen) atoms. The van der Waals surface area contributed by atoms with Crippen LogP contribution in [0.5, 0.6) is 0 Å². The first-order valence-corrected chi connectivity index (χ1v) is 6.92. The SMILES string of the molecule is CCNc1nc(N(C)CC2CCCC2)c(F)cc1F. The zero-order chi connectivity index (χ0) is 13.8. The van der Waals surface area contributed by atoms with Gasteiger partial charge in [0.15, 0.2) is 23.3 Å². The molecule has 0 spiro atoms. The quantitative estimate of drug-likeness (QED) is 0.887. The van der Waals surface area contributed by atoms with Gasteiger partial charge in [-0.05, 0) is 25.7 Å². The van der Waals surface area contributed by atoms with Crippen molar-refractivity contribution < 1.29 is 8.78 Å². The normalized spacial score (nSPS) is 15.8. The summed E-state index contributed by atoms with van der Waals surface area (Å²) < 4.78 is 27.3. The van der Waals surface area contributed by atoms with Gasteiger partial charge in [-0.3, -0.25) is 0 Å². The Kier molecular flexibility index (Phi) is 4.56. The van der Waals surface area contributed by atoms with E-state index in [0.717, 1.165) is 12.6 Å². The molecule has 1 heterocycles. The van der Waals surface area contributed by atoms with Crippen molar-refractivity contribution in [3.63, 3.8) is 0 Å². The van der Waals surface area contributed by atoms with Gasteiger partial charge in [0.05, 0.1) is 0 Å². The lowest BCUT2D eigenvalue weighted by Gasteiger charge is -2.23. The molecule has 1 fully saturated rings. The third-order valence-electron chi connectivity index (χ3n) is 3.62. The van der Waals surface area contributed by atoms with Crippen molar-refractivity contribution in [2.24, 2.45) is 5.92 Å². The van der Waals surface area contributed by atoms with Crippen molar-refractivity contribution in [1.29, 1.82) is 0 Å². The highest BCUT2D eigenvalue weighted by Crippen LogP contribution is 2.28. The molecule has 1 N–H and O–H groups in total. The summed E-state index contributed by atoms with van der Waals surface area (Å²) >= 11 is 0. The Morgan fingerprint density at radius 3 is 2.63 bits per heavy atom. The second kappa shape index (κ2) is 6.17. The number of nitrogens with one attached hydrogen (secondary N) is 1. The minimum atomic E-state index is -0.641. The van der Waals surface area contributed by atoms with Gasteiger partial charge >= 0.3 is 0 Å². The van der Waals surface area contributed by atoms with Crippen LogP contribution in [0.1, 0.15) is 32.6 Å². The summed E-state index contributed by atoms with van der Waals surface area (Å²) in [7, 11) is 1.82. The number of hydrogen-bond acceptors (Lipinski definition) is 3. The first-order chi connectivity index (χ1) is 9.11. The van der Waals surface area contributed by atoms with Crippen LogP contribution in [0, 0.1) is 17.6 Å². The molecule has 0 amide bonds. The van der Waals surface area contributed by atoms with Crippen molar-refractivity contribution in [2.75, 3.05) is 30.4 Å². The molecular formula is C14H21F2N3. The number of anilines is 2. The van der Waals surface area contributed by atoms with Gasteiger partial charge in [-0.15, -0.1) is 0 Å². The minimum Gasteiger partial charge on any atom is -0.368 e. The Morgan fingerprint density at radius 1 is 1.32 bits per heavy atom. The summed E-state index contributed by atoms with van der Waals surface area (Å²) in [5, 5.41) is 2.81. The molecular weight excluding hydrogens is 248 g/mol. The summed E-state index contributed by atoms with van der Waals surface area (Å²) in [5.74, 6) is -0.294. The van der Waals surface area contributed by atoms with Crippen molar-refractivity contribution in [3.05, 3.63) is 17.7 Å². The van der Waals surface area contributed by atoms with Crippen LogP contribution in [0.25, 0.3) is 0 Å². The third-order valence-corrected chi connectivity index (χ3v) is 3.62. The van der Waals surface area contributed by atoms with Gasteiger partial charge in [0, 0.05) is 26.2 Å². The summed E-state index contributed by atoms with van der Waals surface area (Å²) in [6, 6.07) is 0.908. The van der Waals surface area contributed by atoms with Gasteiger partial charge in [0.1, 0.15) is 0 Å². The van der Waals surface area contributed by atoms with Crippen LogP contribution in [0.2, 0.25) is 0 Å². The molecule has 2 rings (SSSR count). The molecule has 0 radical (unpaired) electrons. The molecule has 1 aliphatic rings. The largest absolute Gasteiger partial charge is 0.368 e. The molecule has 3 nitrogen and oxygen atoms in total. The van der Waals surface area contributed by atoms with Crippen LogP contribution in [0.4, 0.5) is 20.4 Å². The van der Waals surface area contributed by atoms with Gasteiger partial charge in [-0.1, -0.05) is 12.8 Å². The van der Waals surface area contributed by atoms with Gasteiger partial charge < -0.3 is 10.2 Å². The van der Waals surface area contributed by atoms with E-state index >= 15 is 0 Å². The van der Waals surface area contributed by atoms with Crippen LogP contribution >= 0.6 is 0 Å². The van der Waals surface area contributed by atoms with Crippen LogP contribution < -0.4 is 10.2 Å². The van der Waals surface area contributed by atoms with Gasteiger partial charge in [0.25, 0.3) is 0 Å². The lowest BCUT2D eigenvalue weighted by molar-refractivity contribution is 0.530. The predicted molar refractivity (Wildman–Crippen MR) is 73.5 cm³/mol. The molecule has 0 saturated heterocycles. The maximum atomic E-state index is 13.8. The van der Waals surface area contributed by atoms with E-state index in [1.54, 1.807) is 4.90 Å². The highest BCUT2D eigenvalue weighted by atomic mass is 19.1. The van der Waals surface area contributed by atoms with Crippen molar-refractivity contribution >= 4 is 11.6 Å². The van der Waals surface area contributed by atoms with Crippen LogP contribution in [-0.2, 0) is 0 Å². The maximum absolute atomic E-state index is 13.8. The van der Waals surface area contributed by atoms with E-state index in [1.165, 1.54) is 25.7 Å². The second-order valence-electron chi connectivity index (χ2n) is 5.19. The van der Waals surface area contributed by atoms with Gasteiger partial charge in [-0.2, -0.15) is 0 Å². The summed E-state index contributed by atoms with van der Waals surface area (Å²) in [5.41, 5.74) is 0. The molecule has 0 atom stereocenters. The Bertz CT molecular complexity index is 431. The molecule has 0 aromatic carbocycles. The second-order valence-corrected chi connectivity index (χ2v) is 5.19. The summed E-state index contributed by atoms with van der Waals surface area (Å²) in [6.45, 7) is 3.19. The molecule has 1 aliphatic carbocycles. The van der Waals surface area contributed by atoms with Crippen molar-refractivity contribution in [1.82, 2.24) is 4.98 Å². The smallest absolute Gasteiger partial charge is 0.168 e. The number of halogens is 2. The fourth-order valence-electron chi connectivity index (χ4n) is 2.68.